The zero-order valence-corrected chi connectivity index (χ0v) is 13.2. The number of pyridine rings is 1. The van der Waals surface area contributed by atoms with E-state index >= 15 is 0 Å². The Kier molecular flexibility index (Phi) is 4.54. The molecule has 2 nitrogen and oxygen atoms in total. The molecule has 0 radical (unpaired) electrons. The number of nitrogens with zero attached hydrogens (tertiary/aromatic N) is 1. The lowest BCUT2D eigenvalue weighted by molar-refractivity contribution is 0.275. The number of hydrogen-bond acceptors (Lipinski definition) is 2. The number of benzene rings is 1. The summed E-state index contributed by atoms with van der Waals surface area (Å²) in [5.74, 6) is 0.768. The highest BCUT2D eigenvalue weighted by molar-refractivity contribution is 5.82. The van der Waals surface area contributed by atoms with Crippen molar-refractivity contribution in [3.63, 3.8) is 0 Å². The van der Waals surface area contributed by atoms with Crippen LogP contribution >= 0.6 is 0 Å². The zero-order chi connectivity index (χ0) is 14.7. The number of hydrogen-bond donors (Lipinski definition) is 1. The summed E-state index contributed by atoms with van der Waals surface area (Å²) >= 11 is 0. The van der Waals surface area contributed by atoms with Crippen LogP contribution in [0.2, 0.25) is 0 Å². The Morgan fingerprint density at radius 2 is 1.95 bits per heavy atom. The quantitative estimate of drug-likeness (QED) is 0.873. The minimum Gasteiger partial charge on any atom is -0.310 e. The highest BCUT2D eigenvalue weighted by atomic mass is 14.9. The average Bonchev–Trinajstić information content (AvgIpc) is 2.52. The molecule has 3 rings (SSSR count). The molecule has 0 saturated heterocycles. The molecule has 2 heteroatoms. The van der Waals surface area contributed by atoms with Crippen molar-refractivity contribution in [3.05, 3.63) is 41.6 Å². The molecule has 0 bridgehead atoms. The van der Waals surface area contributed by atoms with Crippen molar-refractivity contribution in [2.45, 2.75) is 52.0 Å². The number of fused-ring (bicyclic) bond motifs is 1. The molecule has 1 aliphatic rings. The Bertz CT molecular complexity index is 600. The summed E-state index contributed by atoms with van der Waals surface area (Å²) < 4.78 is 0. The van der Waals surface area contributed by atoms with Crippen LogP contribution < -0.4 is 5.32 Å². The first-order valence-electron chi connectivity index (χ1n) is 8.39. The van der Waals surface area contributed by atoms with E-state index in [1.807, 2.05) is 0 Å². The van der Waals surface area contributed by atoms with E-state index in [4.69, 9.17) is 4.98 Å². The van der Waals surface area contributed by atoms with Gasteiger partial charge in [0.15, 0.2) is 0 Å². The summed E-state index contributed by atoms with van der Waals surface area (Å²) in [4.78, 5) is 4.70. The first-order valence-corrected chi connectivity index (χ1v) is 8.39. The fraction of sp³-hybridized carbons (Fsp3) is 0.526. The van der Waals surface area contributed by atoms with Gasteiger partial charge in [0.1, 0.15) is 0 Å². The second-order valence-corrected chi connectivity index (χ2v) is 6.30. The van der Waals surface area contributed by atoms with Crippen LogP contribution in [-0.2, 0) is 0 Å². The van der Waals surface area contributed by atoms with Crippen molar-refractivity contribution in [1.29, 1.82) is 0 Å². The summed E-state index contributed by atoms with van der Waals surface area (Å²) in [5, 5.41) is 5.08. The highest BCUT2D eigenvalue weighted by Crippen LogP contribution is 2.37. The van der Waals surface area contributed by atoms with Crippen LogP contribution in [0.4, 0.5) is 0 Å². The summed E-state index contributed by atoms with van der Waals surface area (Å²) in [6, 6.07) is 11.3. The summed E-state index contributed by atoms with van der Waals surface area (Å²) in [6.45, 7) is 5.35. The maximum atomic E-state index is 4.70. The standard InChI is InChI=1S/C19H26N2/c1-3-20-19(15-9-5-4-6-10-15)17-13-14(2)21-18-12-8-7-11-16(17)18/h7-8,11-13,15,19-20H,3-6,9-10H2,1-2H3. The van der Waals surface area contributed by atoms with Crippen molar-refractivity contribution in [1.82, 2.24) is 10.3 Å². The Balaban J connectivity index is 2.05. The Morgan fingerprint density at radius 1 is 1.19 bits per heavy atom. The largest absolute Gasteiger partial charge is 0.310 e. The number of aryl methyl sites for hydroxylation is 1. The third-order valence-corrected chi connectivity index (χ3v) is 4.76. The molecule has 1 unspecified atom stereocenters. The molecule has 1 aromatic heterocycles. The molecular weight excluding hydrogens is 256 g/mol. The van der Waals surface area contributed by atoms with E-state index in [0.29, 0.717) is 6.04 Å². The van der Waals surface area contributed by atoms with Gasteiger partial charge in [-0.15, -0.1) is 0 Å². The van der Waals surface area contributed by atoms with Gasteiger partial charge in [0, 0.05) is 17.1 Å². The maximum absolute atomic E-state index is 4.70. The summed E-state index contributed by atoms with van der Waals surface area (Å²) in [7, 11) is 0. The second-order valence-electron chi connectivity index (χ2n) is 6.30. The third-order valence-electron chi connectivity index (χ3n) is 4.76. The Labute approximate surface area is 128 Å². The van der Waals surface area contributed by atoms with E-state index in [0.717, 1.165) is 23.7 Å². The van der Waals surface area contributed by atoms with Crippen molar-refractivity contribution in [2.24, 2.45) is 5.92 Å². The monoisotopic (exact) mass is 282 g/mol. The van der Waals surface area contributed by atoms with Crippen LogP contribution in [0.15, 0.2) is 30.3 Å². The van der Waals surface area contributed by atoms with Crippen molar-refractivity contribution < 1.29 is 0 Å². The van der Waals surface area contributed by atoms with Gasteiger partial charge in [0.2, 0.25) is 0 Å². The van der Waals surface area contributed by atoms with Gasteiger partial charge >= 0.3 is 0 Å². The number of aromatic nitrogens is 1. The van der Waals surface area contributed by atoms with E-state index in [2.05, 4.69) is 49.5 Å². The molecule has 1 saturated carbocycles. The average molecular weight is 282 g/mol. The maximum Gasteiger partial charge on any atom is 0.0708 e. The van der Waals surface area contributed by atoms with Crippen molar-refractivity contribution >= 4 is 10.9 Å². The van der Waals surface area contributed by atoms with Crippen LogP contribution in [0.25, 0.3) is 10.9 Å². The topological polar surface area (TPSA) is 24.9 Å². The molecule has 0 spiro atoms. The smallest absolute Gasteiger partial charge is 0.0708 e. The van der Waals surface area contributed by atoms with E-state index in [1.165, 1.54) is 43.1 Å². The minimum atomic E-state index is 0.474. The number of nitrogens with one attached hydrogen (secondary N) is 1. The molecule has 1 N–H and O–H groups in total. The fourth-order valence-electron chi connectivity index (χ4n) is 3.82. The van der Waals surface area contributed by atoms with Crippen LogP contribution in [-0.4, -0.2) is 11.5 Å². The van der Waals surface area contributed by atoms with Gasteiger partial charge in [-0.3, -0.25) is 4.98 Å². The first kappa shape index (κ1) is 14.5. The summed E-state index contributed by atoms with van der Waals surface area (Å²) in [5.41, 5.74) is 3.71. The fourth-order valence-corrected chi connectivity index (χ4v) is 3.82. The van der Waals surface area contributed by atoms with Crippen LogP contribution in [0.3, 0.4) is 0 Å². The normalized spacial score (nSPS) is 18.0. The van der Waals surface area contributed by atoms with Crippen LogP contribution in [0.5, 0.6) is 0 Å². The lowest BCUT2D eigenvalue weighted by Crippen LogP contribution is -2.30. The molecular formula is C19H26N2. The van der Waals surface area contributed by atoms with E-state index in [9.17, 15) is 0 Å². The lowest BCUT2D eigenvalue weighted by atomic mass is 9.80. The van der Waals surface area contributed by atoms with Gasteiger partial charge in [0.25, 0.3) is 0 Å². The van der Waals surface area contributed by atoms with Crippen molar-refractivity contribution in [2.75, 3.05) is 6.54 Å². The zero-order valence-electron chi connectivity index (χ0n) is 13.2. The van der Waals surface area contributed by atoms with Crippen LogP contribution in [0, 0.1) is 12.8 Å². The predicted octanol–water partition coefficient (Wildman–Crippen LogP) is 4.77. The third kappa shape index (κ3) is 3.11. The number of para-hydroxylation sites is 1. The Hall–Kier alpha value is -1.41. The van der Waals surface area contributed by atoms with Gasteiger partial charge in [-0.25, -0.2) is 0 Å². The van der Waals surface area contributed by atoms with Crippen LogP contribution in [0.1, 0.15) is 56.3 Å². The molecule has 1 aliphatic carbocycles. The van der Waals surface area contributed by atoms with Gasteiger partial charge in [-0.1, -0.05) is 44.4 Å². The molecule has 1 heterocycles. The lowest BCUT2D eigenvalue weighted by Gasteiger charge is -2.32. The Morgan fingerprint density at radius 3 is 2.71 bits per heavy atom. The van der Waals surface area contributed by atoms with Crippen molar-refractivity contribution in [3.8, 4) is 0 Å². The molecule has 1 fully saturated rings. The van der Waals surface area contributed by atoms with E-state index in [1.54, 1.807) is 0 Å². The molecule has 2 aromatic rings. The highest BCUT2D eigenvalue weighted by Gasteiger charge is 2.26. The molecule has 21 heavy (non-hydrogen) atoms. The minimum absolute atomic E-state index is 0.474. The number of rotatable bonds is 4. The summed E-state index contributed by atoms with van der Waals surface area (Å²) in [6.07, 6.45) is 6.88. The molecule has 1 aromatic carbocycles. The van der Waals surface area contributed by atoms with E-state index < -0.39 is 0 Å². The molecule has 0 amide bonds. The molecule has 0 aliphatic heterocycles. The van der Waals surface area contributed by atoms with Gasteiger partial charge in [0.05, 0.1) is 5.52 Å². The first-order chi connectivity index (χ1) is 10.3. The SMILES string of the molecule is CCNC(c1cc(C)nc2ccccc12)C1CCCCC1. The molecule has 1 atom stereocenters. The molecule has 112 valence electrons. The van der Waals surface area contributed by atoms with Gasteiger partial charge in [-0.05, 0) is 49.9 Å². The predicted molar refractivity (Wildman–Crippen MR) is 89.5 cm³/mol. The van der Waals surface area contributed by atoms with E-state index in [-0.39, 0.29) is 0 Å². The van der Waals surface area contributed by atoms with Gasteiger partial charge in [-0.2, -0.15) is 0 Å². The second kappa shape index (κ2) is 6.57. The van der Waals surface area contributed by atoms with Gasteiger partial charge < -0.3 is 5.32 Å².